The minimum atomic E-state index is -0.320. The number of hydrogen-bond acceptors (Lipinski definition) is 4. The molecule has 5 nitrogen and oxygen atoms in total. The van der Waals surface area contributed by atoms with Gasteiger partial charge in [0.25, 0.3) is 0 Å². The predicted molar refractivity (Wildman–Crippen MR) is 64.6 cm³/mol. The van der Waals surface area contributed by atoms with E-state index in [0.717, 1.165) is 19.6 Å². The smallest absolute Gasteiger partial charge is 0.243 e. The van der Waals surface area contributed by atoms with E-state index in [0.29, 0.717) is 11.6 Å². The highest BCUT2D eigenvalue weighted by Gasteiger charge is 2.03. The average Bonchev–Trinajstić information content (AvgIpc) is 2.70. The molecule has 0 fully saturated rings. The molecule has 1 N–H and O–H groups in total. The van der Waals surface area contributed by atoms with Crippen LogP contribution in [0.25, 0.3) is 5.65 Å². The first-order valence-electron chi connectivity index (χ1n) is 5.63. The molecule has 0 spiro atoms. The minimum Gasteiger partial charge on any atom is -0.352 e. The van der Waals surface area contributed by atoms with Crippen LogP contribution in [0.1, 0.15) is 6.92 Å². The number of pyridine rings is 1. The van der Waals surface area contributed by atoms with Crippen molar-refractivity contribution < 1.29 is 4.39 Å². The van der Waals surface area contributed by atoms with Crippen LogP contribution in [-0.2, 0) is 0 Å². The SMILES string of the molecule is CCN(C)CCNc1nc2ccc(F)cn2n1. The summed E-state index contributed by atoms with van der Waals surface area (Å²) < 4.78 is 14.4. The third-order valence-corrected chi connectivity index (χ3v) is 2.61. The molecule has 92 valence electrons. The Bertz CT molecular complexity index is 496. The highest BCUT2D eigenvalue weighted by Crippen LogP contribution is 2.06. The Morgan fingerprint density at radius 3 is 3.06 bits per heavy atom. The van der Waals surface area contributed by atoms with Crippen LogP contribution in [0, 0.1) is 5.82 Å². The molecule has 0 atom stereocenters. The van der Waals surface area contributed by atoms with Crippen LogP contribution in [-0.4, -0.2) is 46.2 Å². The largest absolute Gasteiger partial charge is 0.352 e. The van der Waals surface area contributed by atoms with Gasteiger partial charge in [0.15, 0.2) is 5.65 Å². The van der Waals surface area contributed by atoms with Crippen LogP contribution < -0.4 is 5.32 Å². The molecule has 0 aliphatic carbocycles. The number of hydrogen-bond donors (Lipinski definition) is 1. The molecule has 0 aliphatic heterocycles. The van der Waals surface area contributed by atoms with E-state index >= 15 is 0 Å². The quantitative estimate of drug-likeness (QED) is 0.849. The monoisotopic (exact) mass is 237 g/mol. The van der Waals surface area contributed by atoms with Gasteiger partial charge in [0.2, 0.25) is 5.95 Å². The Hall–Kier alpha value is -1.69. The number of nitrogens with zero attached hydrogens (tertiary/aromatic N) is 4. The fourth-order valence-electron chi connectivity index (χ4n) is 1.45. The van der Waals surface area contributed by atoms with Crippen molar-refractivity contribution in [3.8, 4) is 0 Å². The van der Waals surface area contributed by atoms with Gasteiger partial charge in [-0.2, -0.15) is 4.98 Å². The molecule has 0 unspecified atom stereocenters. The van der Waals surface area contributed by atoms with Crippen LogP contribution in [0.2, 0.25) is 0 Å². The lowest BCUT2D eigenvalue weighted by Crippen LogP contribution is -2.24. The Kier molecular flexibility index (Phi) is 3.53. The first kappa shape index (κ1) is 11.8. The molecule has 0 radical (unpaired) electrons. The molecule has 0 aromatic carbocycles. The molecule has 0 aliphatic rings. The van der Waals surface area contributed by atoms with Gasteiger partial charge >= 0.3 is 0 Å². The maximum Gasteiger partial charge on any atom is 0.243 e. The summed E-state index contributed by atoms with van der Waals surface area (Å²) in [5.74, 6) is 0.208. The summed E-state index contributed by atoms with van der Waals surface area (Å²) >= 11 is 0. The van der Waals surface area contributed by atoms with E-state index in [9.17, 15) is 4.39 Å². The third-order valence-electron chi connectivity index (χ3n) is 2.61. The standard InChI is InChI=1S/C11H16FN5/c1-3-16(2)7-6-13-11-14-10-5-4-9(12)8-17(10)15-11/h4-5,8H,3,6-7H2,1-2H3,(H,13,15). The van der Waals surface area contributed by atoms with Crippen molar-refractivity contribution in [3.63, 3.8) is 0 Å². The molecule has 0 bridgehead atoms. The number of aromatic nitrogens is 3. The van der Waals surface area contributed by atoms with E-state index in [-0.39, 0.29) is 5.82 Å². The summed E-state index contributed by atoms with van der Waals surface area (Å²) in [7, 11) is 2.05. The Labute approximate surface area is 99.3 Å². The lowest BCUT2D eigenvalue weighted by atomic mass is 10.5. The van der Waals surface area contributed by atoms with Gasteiger partial charge in [0.05, 0.1) is 6.20 Å². The molecular weight excluding hydrogens is 221 g/mol. The topological polar surface area (TPSA) is 45.5 Å². The molecule has 2 heterocycles. The number of likely N-dealkylation sites (N-methyl/N-ethyl adjacent to an activating group) is 1. The van der Waals surface area contributed by atoms with Gasteiger partial charge < -0.3 is 10.2 Å². The maximum absolute atomic E-state index is 12.9. The Morgan fingerprint density at radius 2 is 2.29 bits per heavy atom. The van der Waals surface area contributed by atoms with Crippen LogP contribution in [0.3, 0.4) is 0 Å². The number of anilines is 1. The Morgan fingerprint density at radius 1 is 1.47 bits per heavy atom. The third kappa shape index (κ3) is 2.91. The number of nitrogens with one attached hydrogen (secondary N) is 1. The van der Waals surface area contributed by atoms with Crippen molar-refractivity contribution in [1.82, 2.24) is 19.5 Å². The normalized spacial score (nSPS) is 11.3. The minimum absolute atomic E-state index is 0.320. The molecule has 6 heteroatoms. The van der Waals surface area contributed by atoms with Gasteiger partial charge in [-0.1, -0.05) is 6.92 Å². The molecule has 2 aromatic rings. The lowest BCUT2D eigenvalue weighted by molar-refractivity contribution is 0.367. The second-order valence-electron chi connectivity index (χ2n) is 3.91. The van der Waals surface area contributed by atoms with E-state index in [1.807, 2.05) is 7.05 Å². The summed E-state index contributed by atoms with van der Waals surface area (Å²) in [6, 6.07) is 2.98. The van der Waals surface area contributed by atoms with Crippen molar-refractivity contribution in [1.29, 1.82) is 0 Å². The zero-order valence-corrected chi connectivity index (χ0v) is 10.0. The average molecular weight is 237 g/mol. The first-order valence-corrected chi connectivity index (χ1v) is 5.63. The second-order valence-corrected chi connectivity index (χ2v) is 3.91. The molecule has 0 saturated heterocycles. The summed E-state index contributed by atoms with van der Waals surface area (Å²) in [6.07, 6.45) is 1.31. The van der Waals surface area contributed by atoms with Gasteiger partial charge in [0, 0.05) is 13.1 Å². The van der Waals surface area contributed by atoms with Crippen LogP contribution >= 0.6 is 0 Å². The molecule has 17 heavy (non-hydrogen) atoms. The maximum atomic E-state index is 12.9. The number of fused-ring (bicyclic) bond motifs is 1. The van der Waals surface area contributed by atoms with Crippen molar-refractivity contribution in [2.24, 2.45) is 0 Å². The lowest BCUT2D eigenvalue weighted by Gasteiger charge is -2.12. The van der Waals surface area contributed by atoms with E-state index in [1.54, 1.807) is 6.07 Å². The van der Waals surface area contributed by atoms with Gasteiger partial charge in [-0.15, -0.1) is 5.10 Å². The Balaban J connectivity index is 1.99. The van der Waals surface area contributed by atoms with Gasteiger partial charge in [0.1, 0.15) is 5.82 Å². The van der Waals surface area contributed by atoms with Gasteiger partial charge in [-0.25, -0.2) is 8.91 Å². The zero-order chi connectivity index (χ0) is 12.3. The van der Waals surface area contributed by atoms with E-state index in [2.05, 4.69) is 27.2 Å². The molecular formula is C11H16FN5. The molecule has 2 rings (SSSR count). The number of halogens is 1. The van der Waals surface area contributed by atoms with E-state index in [1.165, 1.54) is 16.8 Å². The van der Waals surface area contributed by atoms with E-state index < -0.39 is 0 Å². The van der Waals surface area contributed by atoms with Gasteiger partial charge in [-0.05, 0) is 25.7 Å². The molecule has 2 aromatic heterocycles. The zero-order valence-electron chi connectivity index (χ0n) is 10.0. The summed E-state index contributed by atoms with van der Waals surface area (Å²) in [5, 5.41) is 7.24. The summed E-state index contributed by atoms with van der Waals surface area (Å²) in [4.78, 5) is 6.42. The molecule has 0 saturated carbocycles. The summed E-state index contributed by atoms with van der Waals surface area (Å²) in [6.45, 7) is 4.79. The second kappa shape index (κ2) is 5.09. The first-order chi connectivity index (χ1) is 8.19. The highest BCUT2D eigenvalue weighted by molar-refractivity contribution is 5.42. The fraction of sp³-hybridized carbons (Fsp3) is 0.455. The van der Waals surface area contributed by atoms with Crippen molar-refractivity contribution in [2.75, 3.05) is 32.0 Å². The van der Waals surface area contributed by atoms with Crippen LogP contribution in [0.4, 0.5) is 10.3 Å². The molecule has 0 amide bonds. The summed E-state index contributed by atoms with van der Waals surface area (Å²) in [5.41, 5.74) is 0.637. The van der Waals surface area contributed by atoms with Crippen LogP contribution in [0.15, 0.2) is 18.3 Å². The van der Waals surface area contributed by atoms with Crippen molar-refractivity contribution in [3.05, 3.63) is 24.1 Å². The van der Waals surface area contributed by atoms with Crippen molar-refractivity contribution >= 4 is 11.6 Å². The van der Waals surface area contributed by atoms with E-state index in [4.69, 9.17) is 0 Å². The van der Waals surface area contributed by atoms with Gasteiger partial charge in [-0.3, -0.25) is 0 Å². The van der Waals surface area contributed by atoms with Crippen LogP contribution in [0.5, 0.6) is 0 Å². The fourth-order valence-corrected chi connectivity index (χ4v) is 1.45. The highest BCUT2D eigenvalue weighted by atomic mass is 19.1. The predicted octanol–water partition coefficient (Wildman–Crippen LogP) is 1.23. The van der Waals surface area contributed by atoms with Crippen molar-refractivity contribution in [2.45, 2.75) is 6.92 Å². The number of rotatable bonds is 5.